The van der Waals surface area contributed by atoms with Crippen LogP contribution in [0, 0.1) is 6.92 Å². The Balaban J connectivity index is 2.70. The van der Waals surface area contributed by atoms with Gasteiger partial charge in [-0.25, -0.2) is 0 Å². The molecule has 0 spiro atoms. The number of aryl methyl sites for hydroxylation is 1. The van der Waals surface area contributed by atoms with Gasteiger partial charge in [-0.2, -0.15) is 0 Å². The first-order valence-electron chi connectivity index (χ1n) is 7.11. The van der Waals surface area contributed by atoms with E-state index in [0.717, 1.165) is 12.1 Å². The van der Waals surface area contributed by atoms with Crippen LogP contribution in [0.15, 0.2) is 24.3 Å². The molecule has 0 saturated carbocycles. The van der Waals surface area contributed by atoms with E-state index < -0.39 is 12.0 Å². The number of Topliss-reactive ketones (excluding diaryl/α,β-unsaturated/α-hetero) is 1. The van der Waals surface area contributed by atoms with Crippen molar-refractivity contribution in [1.29, 1.82) is 0 Å². The predicted octanol–water partition coefficient (Wildman–Crippen LogP) is 1.56. The fraction of sp³-hybridized carbons (Fsp3) is 0.500. The minimum atomic E-state index is -0.883. The van der Waals surface area contributed by atoms with Gasteiger partial charge in [-0.05, 0) is 27.4 Å². The molecule has 0 bridgehead atoms. The van der Waals surface area contributed by atoms with Gasteiger partial charge in [0.15, 0.2) is 5.78 Å². The number of aliphatic carboxylic acids is 1. The lowest BCUT2D eigenvalue weighted by molar-refractivity contribution is -0.137. The average molecular weight is 292 g/mol. The second-order valence-corrected chi connectivity index (χ2v) is 5.47. The van der Waals surface area contributed by atoms with E-state index >= 15 is 0 Å². The van der Waals surface area contributed by atoms with Crippen LogP contribution < -0.4 is 5.32 Å². The second kappa shape index (κ2) is 8.54. The van der Waals surface area contributed by atoms with Crippen molar-refractivity contribution in [1.82, 2.24) is 10.2 Å². The average Bonchev–Trinajstić information content (AvgIpc) is 2.42. The molecule has 0 fully saturated rings. The first-order chi connectivity index (χ1) is 9.90. The molecule has 0 aromatic heterocycles. The van der Waals surface area contributed by atoms with Gasteiger partial charge >= 0.3 is 5.97 Å². The van der Waals surface area contributed by atoms with Crippen LogP contribution in [-0.4, -0.2) is 55.0 Å². The first-order valence-corrected chi connectivity index (χ1v) is 7.11. The van der Waals surface area contributed by atoms with Gasteiger partial charge in [-0.15, -0.1) is 0 Å². The highest BCUT2D eigenvalue weighted by Gasteiger charge is 2.20. The van der Waals surface area contributed by atoms with E-state index in [1.807, 2.05) is 38.1 Å². The van der Waals surface area contributed by atoms with Gasteiger partial charge in [0.25, 0.3) is 0 Å². The Bertz CT molecular complexity index is 469. The van der Waals surface area contributed by atoms with Gasteiger partial charge < -0.3 is 15.3 Å². The molecule has 2 N–H and O–H groups in total. The van der Waals surface area contributed by atoms with Crippen molar-refractivity contribution in [3.8, 4) is 0 Å². The number of carboxylic acids is 1. The number of hydrogen-bond donors (Lipinski definition) is 2. The molecular formula is C16H24N2O3. The highest BCUT2D eigenvalue weighted by atomic mass is 16.4. The molecule has 1 aromatic carbocycles. The first kappa shape index (κ1) is 17.3. The molecule has 1 aromatic rings. The van der Waals surface area contributed by atoms with Crippen molar-refractivity contribution in [2.45, 2.75) is 25.8 Å². The fourth-order valence-corrected chi connectivity index (χ4v) is 1.98. The molecule has 0 radical (unpaired) electrons. The van der Waals surface area contributed by atoms with Gasteiger partial charge in [-0.3, -0.25) is 9.59 Å². The molecule has 0 saturated heterocycles. The SMILES string of the molecule is Cc1ccc(C(=O)C(CCC(=O)O)NCCN(C)C)cc1. The molecule has 0 aliphatic carbocycles. The lowest BCUT2D eigenvalue weighted by atomic mass is 9.99. The van der Waals surface area contributed by atoms with E-state index in [1.165, 1.54) is 0 Å². The summed E-state index contributed by atoms with van der Waals surface area (Å²) in [4.78, 5) is 25.2. The van der Waals surface area contributed by atoms with E-state index in [0.29, 0.717) is 18.5 Å². The number of likely N-dealkylation sites (N-methyl/N-ethyl adjacent to an activating group) is 1. The Morgan fingerprint density at radius 1 is 1.24 bits per heavy atom. The lowest BCUT2D eigenvalue weighted by Gasteiger charge is -2.18. The molecule has 1 atom stereocenters. The number of carboxylic acid groups (broad SMARTS) is 1. The molecule has 0 heterocycles. The van der Waals surface area contributed by atoms with Crippen LogP contribution in [0.5, 0.6) is 0 Å². The van der Waals surface area contributed by atoms with Crippen LogP contribution >= 0.6 is 0 Å². The Kier molecular flexibility index (Phi) is 7.05. The minimum Gasteiger partial charge on any atom is -0.481 e. The van der Waals surface area contributed by atoms with Crippen molar-refractivity contribution >= 4 is 11.8 Å². The number of carbonyl (C=O) groups is 2. The summed E-state index contributed by atoms with van der Waals surface area (Å²) in [6.45, 7) is 3.41. The number of nitrogens with zero attached hydrogens (tertiary/aromatic N) is 1. The summed E-state index contributed by atoms with van der Waals surface area (Å²) in [6.07, 6.45) is 0.284. The minimum absolute atomic E-state index is 0.0166. The Labute approximate surface area is 126 Å². The smallest absolute Gasteiger partial charge is 0.303 e. The quantitative estimate of drug-likeness (QED) is 0.676. The highest BCUT2D eigenvalue weighted by molar-refractivity contribution is 6.00. The zero-order valence-electron chi connectivity index (χ0n) is 12.9. The van der Waals surface area contributed by atoms with Crippen LogP contribution in [0.1, 0.15) is 28.8 Å². The lowest BCUT2D eigenvalue weighted by Crippen LogP contribution is -2.40. The number of carbonyl (C=O) groups excluding carboxylic acids is 1. The molecule has 0 aliphatic heterocycles. The van der Waals surface area contributed by atoms with Crippen molar-refractivity contribution in [3.63, 3.8) is 0 Å². The second-order valence-electron chi connectivity index (χ2n) is 5.47. The Hall–Kier alpha value is -1.72. The fourth-order valence-electron chi connectivity index (χ4n) is 1.98. The summed E-state index contributed by atoms with van der Waals surface area (Å²) in [5, 5.41) is 12.0. The zero-order chi connectivity index (χ0) is 15.8. The molecule has 0 amide bonds. The number of benzene rings is 1. The van der Waals surface area contributed by atoms with E-state index in [-0.39, 0.29) is 12.2 Å². The Morgan fingerprint density at radius 3 is 2.38 bits per heavy atom. The third-order valence-corrected chi connectivity index (χ3v) is 3.25. The van der Waals surface area contributed by atoms with Crippen LogP contribution in [0.2, 0.25) is 0 Å². The number of rotatable bonds is 9. The van der Waals surface area contributed by atoms with E-state index in [4.69, 9.17) is 5.11 Å². The van der Waals surface area contributed by atoms with E-state index in [9.17, 15) is 9.59 Å². The topological polar surface area (TPSA) is 69.6 Å². The molecule has 21 heavy (non-hydrogen) atoms. The molecular weight excluding hydrogens is 268 g/mol. The van der Waals surface area contributed by atoms with E-state index in [2.05, 4.69) is 5.32 Å². The maximum absolute atomic E-state index is 12.5. The molecule has 116 valence electrons. The van der Waals surface area contributed by atoms with Crippen LogP contribution in [0.4, 0.5) is 0 Å². The van der Waals surface area contributed by atoms with Crippen molar-refractivity contribution in [3.05, 3.63) is 35.4 Å². The largest absolute Gasteiger partial charge is 0.481 e. The zero-order valence-corrected chi connectivity index (χ0v) is 12.9. The highest BCUT2D eigenvalue weighted by Crippen LogP contribution is 2.10. The van der Waals surface area contributed by atoms with E-state index in [1.54, 1.807) is 12.1 Å². The molecule has 1 unspecified atom stereocenters. The van der Waals surface area contributed by atoms with Gasteiger partial charge in [0.2, 0.25) is 0 Å². The Morgan fingerprint density at radius 2 is 1.86 bits per heavy atom. The standard InChI is InChI=1S/C16H24N2O3/c1-12-4-6-13(7-5-12)16(21)14(8-9-15(19)20)17-10-11-18(2)3/h4-7,14,17H,8-11H2,1-3H3,(H,19,20). The molecule has 0 aliphatic rings. The van der Waals surface area contributed by atoms with Gasteiger partial charge in [0, 0.05) is 25.1 Å². The predicted molar refractivity (Wildman–Crippen MR) is 82.7 cm³/mol. The maximum Gasteiger partial charge on any atom is 0.303 e. The summed E-state index contributed by atoms with van der Waals surface area (Å²) in [5.74, 6) is -0.930. The van der Waals surface area contributed by atoms with Gasteiger partial charge in [0.1, 0.15) is 0 Å². The number of ketones is 1. The van der Waals surface area contributed by atoms with Crippen molar-refractivity contribution in [2.75, 3.05) is 27.2 Å². The third kappa shape index (κ3) is 6.51. The number of hydrogen-bond acceptors (Lipinski definition) is 4. The van der Waals surface area contributed by atoms with Crippen LogP contribution in [0.25, 0.3) is 0 Å². The summed E-state index contributed by atoms with van der Waals surface area (Å²) < 4.78 is 0. The number of nitrogens with one attached hydrogen (secondary N) is 1. The summed E-state index contributed by atoms with van der Waals surface area (Å²) in [6, 6.07) is 6.91. The van der Waals surface area contributed by atoms with Crippen LogP contribution in [0.3, 0.4) is 0 Å². The summed E-state index contributed by atoms with van der Waals surface area (Å²) >= 11 is 0. The third-order valence-electron chi connectivity index (χ3n) is 3.25. The molecule has 5 nitrogen and oxygen atoms in total. The maximum atomic E-state index is 12.5. The van der Waals surface area contributed by atoms with Gasteiger partial charge in [0.05, 0.1) is 6.04 Å². The van der Waals surface area contributed by atoms with Gasteiger partial charge in [-0.1, -0.05) is 29.8 Å². The molecule has 5 heteroatoms. The normalized spacial score (nSPS) is 12.4. The van der Waals surface area contributed by atoms with Crippen molar-refractivity contribution < 1.29 is 14.7 Å². The molecule has 1 rings (SSSR count). The van der Waals surface area contributed by atoms with Crippen LogP contribution in [-0.2, 0) is 4.79 Å². The van der Waals surface area contributed by atoms with Crippen molar-refractivity contribution in [2.24, 2.45) is 0 Å². The summed E-state index contributed by atoms with van der Waals surface area (Å²) in [5.41, 5.74) is 1.71. The monoisotopic (exact) mass is 292 g/mol. The summed E-state index contributed by atoms with van der Waals surface area (Å²) in [7, 11) is 3.91.